The van der Waals surface area contributed by atoms with Gasteiger partial charge in [0, 0.05) is 22.0 Å². The van der Waals surface area contributed by atoms with Crippen LogP contribution in [0.5, 0.6) is 5.75 Å². The number of nitro benzene ring substituents is 1. The summed E-state index contributed by atoms with van der Waals surface area (Å²) in [6.45, 7) is 1.97. The molecule has 0 spiro atoms. The second kappa shape index (κ2) is 8.87. The second-order valence-electron chi connectivity index (χ2n) is 5.27. The minimum Gasteiger partial charge on any atom is -0.490 e. The number of hydrogen-bond acceptors (Lipinski definition) is 5. The van der Waals surface area contributed by atoms with Gasteiger partial charge in [-0.15, -0.1) is 11.8 Å². The first-order chi connectivity index (χ1) is 11.9. The Morgan fingerprint density at radius 2 is 2.08 bits per heavy atom. The lowest BCUT2D eigenvalue weighted by atomic mass is 10.2. The Morgan fingerprint density at radius 1 is 1.32 bits per heavy atom. The number of anilines is 1. The van der Waals surface area contributed by atoms with Gasteiger partial charge in [0.25, 0.3) is 0 Å². The molecule has 1 amide bonds. The predicted molar refractivity (Wildman–Crippen MR) is 103 cm³/mol. The van der Waals surface area contributed by atoms with Crippen molar-refractivity contribution < 1.29 is 14.5 Å². The van der Waals surface area contributed by atoms with Gasteiger partial charge in [-0.05, 0) is 36.2 Å². The third-order valence-corrected chi connectivity index (χ3v) is 5.26. The van der Waals surface area contributed by atoms with E-state index in [2.05, 4.69) is 21.2 Å². The van der Waals surface area contributed by atoms with E-state index in [1.54, 1.807) is 12.1 Å². The lowest BCUT2D eigenvalue weighted by Gasteiger charge is -2.07. The second-order valence-corrected chi connectivity index (χ2v) is 7.11. The standard InChI is InChI=1S/C17H17BrN2O4S/c1-11-3-5-13(8-14(11)18)19-17(21)10-25-9-12-4-6-16(24-2)15(7-12)20(22)23/h3-8H,9-10H2,1-2H3,(H,19,21). The number of rotatable bonds is 7. The van der Waals surface area contributed by atoms with Crippen LogP contribution in [0.3, 0.4) is 0 Å². The molecule has 132 valence electrons. The molecule has 2 aromatic carbocycles. The van der Waals surface area contributed by atoms with Crippen molar-refractivity contribution in [2.45, 2.75) is 12.7 Å². The molecule has 0 unspecified atom stereocenters. The van der Waals surface area contributed by atoms with Gasteiger partial charge in [-0.1, -0.05) is 28.1 Å². The van der Waals surface area contributed by atoms with Gasteiger partial charge in [-0.25, -0.2) is 0 Å². The number of benzene rings is 2. The number of hydrogen-bond donors (Lipinski definition) is 1. The van der Waals surface area contributed by atoms with Gasteiger partial charge in [0.2, 0.25) is 5.91 Å². The maximum Gasteiger partial charge on any atom is 0.311 e. The Hall–Kier alpha value is -2.06. The summed E-state index contributed by atoms with van der Waals surface area (Å²) in [7, 11) is 1.39. The van der Waals surface area contributed by atoms with E-state index in [0.29, 0.717) is 5.75 Å². The minimum atomic E-state index is -0.477. The van der Waals surface area contributed by atoms with Crippen LogP contribution in [0.25, 0.3) is 0 Å². The van der Waals surface area contributed by atoms with E-state index in [0.717, 1.165) is 21.3 Å². The highest BCUT2D eigenvalue weighted by molar-refractivity contribution is 9.10. The van der Waals surface area contributed by atoms with Gasteiger partial charge in [-0.3, -0.25) is 14.9 Å². The average Bonchev–Trinajstić information content (AvgIpc) is 2.58. The van der Waals surface area contributed by atoms with E-state index in [1.165, 1.54) is 24.9 Å². The molecule has 1 N–H and O–H groups in total. The molecule has 0 fully saturated rings. The molecule has 0 aromatic heterocycles. The fraction of sp³-hybridized carbons (Fsp3) is 0.235. The van der Waals surface area contributed by atoms with Crippen molar-refractivity contribution in [2.75, 3.05) is 18.2 Å². The first-order valence-corrected chi connectivity index (χ1v) is 9.30. The van der Waals surface area contributed by atoms with Gasteiger partial charge < -0.3 is 10.1 Å². The fourth-order valence-corrected chi connectivity index (χ4v) is 3.25. The third kappa shape index (κ3) is 5.47. The minimum absolute atomic E-state index is 0.0745. The topological polar surface area (TPSA) is 81.5 Å². The number of amides is 1. The van der Waals surface area contributed by atoms with Crippen LogP contribution in [0, 0.1) is 17.0 Å². The molecule has 0 heterocycles. The fourth-order valence-electron chi connectivity index (χ4n) is 2.10. The van der Waals surface area contributed by atoms with Crippen LogP contribution in [0.2, 0.25) is 0 Å². The van der Waals surface area contributed by atoms with E-state index in [1.807, 2.05) is 25.1 Å². The predicted octanol–water partition coefficient (Wildman–Crippen LogP) is 4.55. The van der Waals surface area contributed by atoms with Gasteiger partial charge in [-0.2, -0.15) is 0 Å². The summed E-state index contributed by atoms with van der Waals surface area (Å²) in [5, 5.41) is 13.8. The Balaban J connectivity index is 1.89. The van der Waals surface area contributed by atoms with Gasteiger partial charge in [0.15, 0.2) is 5.75 Å². The molecule has 2 rings (SSSR count). The summed E-state index contributed by atoms with van der Waals surface area (Å²) >= 11 is 4.82. The maximum atomic E-state index is 12.0. The molecule has 0 aliphatic rings. The van der Waals surface area contributed by atoms with Crippen LogP contribution < -0.4 is 10.1 Å². The molecule has 0 saturated heterocycles. The SMILES string of the molecule is COc1ccc(CSCC(=O)Nc2ccc(C)c(Br)c2)cc1[N+](=O)[O-]. The number of methoxy groups -OCH3 is 1. The monoisotopic (exact) mass is 424 g/mol. The van der Waals surface area contributed by atoms with Crippen LogP contribution in [-0.4, -0.2) is 23.7 Å². The summed E-state index contributed by atoms with van der Waals surface area (Å²) in [5.74, 6) is 0.853. The van der Waals surface area contributed by atoms with E-state index in [-0.39, 0.29) is 23.1 Å². The van der Waals surface area contributed by atoms with Crippen molar-refractivity contribution in [3.05, 3.63) is 62.1 Å². The van der Waals surface area contributed by atoms with Crippen molar-refractivity contribution in [3.8, 4) is 5.75 Å². The summed E-state index contributed by atoms with van der Waals surface area (Å²) < 4.78 is 5.91. The molecule has 0 saturated carbocycles. The van der Waals surface area contributed by atoms with Crippen LogP contribution in [0.1, 0.15) is 11.1 Å². The normalized spacial score (nSPS) is 10.4. The van der Waals surface area contributed by atoms with Crippen molar-refractivity contribution >= 4 is 45.0 Å². The zero-order chi connectivity index (χ0) is 18.4. The van der Waals surface area contributed by atoms with Crippen LogP contribution in [0.15, 0.2) is 40.9 Å². The number of nitro groups is 1. The van der Waals surface area contributed by atoms with Crippen molar-refractivity contribution in [2.24, 2.45) is 0 Å². The van der Waals surface area contributed by atoms with E-state index in [4.69, 9.17) is 4.74 Å². The molecule has 0 aliphatic heterocycles. The highest BCUT2D eigenvalue weighted by Crippen LogP contribution is 2.29. The number of nitrogens with zero attached hydrogens (tertiary/aromatic N) is 1. The first kappa shape index (κ1) is 19.3. The molecule has 25 heavy (non-hydrogen) atoms. The van der Waals surface area contributed by atoms with Crippen molar-refractivity contribution in [3.63, 3.8) is 0 Å². The molecule has 0 bridgehead atoms. The van der Waals surface area contributed by atoms with Gasteiger partial charge >= 0.3 is 5.69 Å². The van der Waals surface area contributed by atoms with E-state index in [9.17, 15) is 14.9 Å². The number of nitrogens with one attached hydrogen (secondary N) is 1. The number of ether oxygens (including phenoxy) is 1. The van der Waals surface area contributed by atoms with Gasteiger partial charge in [0.1, 0.15) is 0 Å². The summed E-state index contributed by atoms with van der Waals surface area (Å²) in [6.07, 6.45) is 0. The Bertz CT molecular complexity index is 798. The number of halogens is 1. The maximum absolute atomic E-state index is 12.0. The molecule has 0 radical (unpaired) electrons. The number of thioether (sulfide) groups is 1. The van der Waals surface area contributed by atoms with Gasteiger partial charge in [0.05, 0.1) is 17.8 Å². The Labute approximate surface area is 158 Å². The van der Waals surface area contributed by atoms with Crippen LogP contribution >= 0.6 is 27.7 Å². The number of carbonyl (C=O) groups excluding carboxylic acids is 1. The van der Waals surface area contributed by atoms with Crippen molar-refractivity contribution in [1.29, 1.82) is 0 Å². The molecular formula is C17H17BrN2O4S. The lowest BCUT2D eigenvalue weighted by molar-refractivity contribution is -0.385. The van der Waals surface area contributed by atoms with Crippen LogP contribution in [0.4, 0.5) is 11.4 Å². The lowest BCUT2D eigenvalue weighted by Crippen LogP contribution is -2.14. The summed E-state index contributed by atoms with van der Waals surface area (Å²) in [6, 6.07) is 10.4. The molecule has 0 atom stereocenters. The smallest absolute Gasteiger partial charge is 0.311 e. The largest absolute Gasteiger partial charge is 0.490 e. The summed E-state index contributed by atoms with van der Waals surface area (Å²) in [5.41, 5.74) is 2.51. The van der Waals surface area contributed by atoms with Crippen LogP contribution in [-0.2, 0) is 10.5 Å². The highest BCUT2D eigenvalue weighted by atomic mass is 79.9. The Morgan fingerprint density at radius 3 is 2.72 bits per heavy atom. The quantitative estimate of drug-likeness (QED) is 0.520. The number of carbonyl (C=O) groups is 1. The highest BCUT2D eigenvalue weighted by Gasteiger charge is 2.15. The molecule has 0 aliphatic carbocycles. The zero-order valence-electron chi connectivity index (χ0n) is 13.7. The first-order valence-electron chi connectivity index (χ1n) is 7.35. The Kier molecular flexibility index (Phi) is 6.83. The van der Waals surface area contributed by atoms with Crippen molar-refractivity contribution in [1.82, 2.24) is 0 Å². The molecular weight excluding hydrogens is 408 g/mol. The molecule has 8 heteroatoms. The average molecular weight is 425 g/mol. The summed E-state index contributed by atoms with van der Waals surface area (Å²) in [4.78, 5) is 22.5. The van der Waals surface area contributed by atoms with E-state index >= 15 is 0 Å². The molecule has 2 aromatic rings. The molecule has 6 nitrogen and oxygen atoms in total. The zero-order valence-corrected chi connectivity index (χ0v) is 16.1. The third-order valence-electron chi connectivity index (χ3n) is 3.40. The van der Waals surface area contributed by atoms with E-state index < -0.39 is 4.92 Å². The number of aryl methyl sites for hydroxylation is 1.